The predicted molar refractivity (Wildman–Crippen MR) is 112 cm³/mol. The Bertz CT molecular complexity index is 1270. The van der Waals surface area contributed by atoms with E-state index in [1.54, 1.807) is 37.2 Å². The molecule has 2 aromatic carbocycles. The Balaban J connectivity index is 1.97. The summed E-state index contributed by atoms with van der Waals surface area (Å²) in [4.78, 5) is 0. The number of hydrogen-bond acceptors (Lipinski definition) is 6. The molecular weight excluding hydrogens is 410 g/mol. The SMILES string of the molecule is COc1cc(-n2cc(C(F)(F)F)cn2)c(-c2ccc3c(N)cnnc3c2)cc1B(C)O. The molecule has 2 heterocycles. The van der Waals surface area contributed by atoms with Crippen molar-refractivity contribution in [3.05, 3.63) is 54.5 Å². The van der Waals surface area contributed by atoms with Crippen LogP contribution in [0.2, 0.25) is 6.82 Å². The molecule has 3 N–H and O–H groups in total. The van der Waals surface area contributed by atoms with Crippen molar-refractivity contribution in [3.8, 4) is 22.6 Å². The summed E-state index contributed by atoms with van der Waals surface area (Å²) >= 11 is 0. The quantitative estimate of drug-likeness (QED) is 0.486. The van der Waals surface area contributed by atoms with E-state index in [1.807, 2.05) is 0 Å². The minimum Gasteiger partial charge on any atom is -0.497 e. The van der Waals surface area contributed by atoms with Gasteiger partial charge >= 0.3 is 13.1 Å². The van der Waals surface area contributed by atoms with Gasteiger partial charge in [-0.1, -0.05) is 19.0 Å². The first-order valence-corrected chi connectivity index (χ1v) is 9.22. The number of nitrogen functional groups attached to an aromatic ring is 1. The fourth-order valence-corrected chi connectivity index (χ4v) is 3.36. The number of aromatic nitrogens is 4. The Morgan fingerprint density at radius 3 is 2.58 bits per heavy atom. The lowest BCUT2D eigenvalue weighted by molar-refractivity contribution is -0.137. The number of anilines is 1. The number of ether oxygens (including phenoxy) is 1. The maximum absolute atomic E-state index is 13.1. The van der Waals surface area contributed by atoms with Crippen molar-refractivity contribution in [2.24, 2.45) is 0 Å². The lowest BCUT2D eigenvalue weighted by atomic mass is 9.63. The number of methoxy groups -OCH3 is 1. The average molecular weight is 427 g/mol. The molecule has 0 unspecified atom stereocenters. The molecule has 0 aliphatic rings. The number of rotatable bonds is 4. The number of nitrogens with two attached hydrogens (primary N) is 1. The summed E-state index contributed by atoms with van der Waals surface area (Å²) in [5.41, 5.74) is 8.02. The molecule has 11 heteroatoms. The molecule has 0 radical (unpaired) electrons. The number of halogens is 3. The van der Waals surface area contributed by atoms with Gasteiger partial charge in [0.2, 0.25) is 0 Å². The van der Waals surface area contributed by atoms with Crippen molar-refractivity contribution in [1.82, 2.24) is 20.0 Å². The molecule has 0 atom stereocenters. The molecule has 0 saturated heterocycles. The van der Waals surface area contributed by atoms with Gasteiger partial charge in [-0.15, -0.1) is 0 Å². The van der Waals surface area contributed by atoms with Crippen LogP contribution in [0.25, 0.3) is 27.7 Å². The zero-order chi connectivity index (χ0) is 22.3. The zero-order valence-corrected chi connectivity index (χ0v) is 16.6. The minimum absolute atomic E-state index is 0.322. The van der Waals surface area contributed by atoms with Crippen LogP contribution in [0.1, 0.15) is 5.56 Å². The van der Waals surface area contributed by atoms with Crippen LogP contribution in [-0.2, 0) is 6.18 Å². The van der Waals surface area contributed by atoms with Crippen LogP contribution < -0.4 is 15.9 Å². The van der Waals surface area contributed by atoms with Crippen LogP contribution in [0.4, 0.5) is 18.9 Å². The van der Waals surface area contributed by atoms with Crippen LogP contribution in [0.15, 0.2) is 48.9 Å². The largest absolute Gasteiger partial charge is 0.497 e. The summed E-state index contributed by atoms with van der Waals surface area (Å²) in [5.74, 6) is 0.322. The van der Waals surface area contributed by atoms with Gasteiger partial charge in [0.1, 0.15) is 5.75 Å². The third-order valence-corrected chi connectivity index (χ3v) is 4.94. The Morgan fingerprint density at radius 1 is 1.16 bits per heavy atom. The summed E-state index contributed by atoms with van der Waals surface area (Å²) in [6.07, 6.45) is -1.43. The van der Waals surface area contributed by atoms with Gasteiger partial charge in [0, 0.05) is 23.2 Å². The van der Waals surface area contributed by atoms with Gasteiger partial charge in [0.05, 0.1) is 42.0 Å². The number of fused-ring (bicyclic) bond motifs is 1. The van der Waals surface area contributed by atoms with Crippen LogP contribution in [0.5, 0.6) is 5.75 Å². The highest BCUT2D eigenvalue weighted by Crippen LogP contribution is 2.34. The van der Waals surface area contributed by atoms with Crippen LogP contribution in [0, 0.1) is 0 Å². The smallest absolute Gasteiger partial charge is 0.419 e. The van der Waals surface area contributed by atoms with E-state index in [-0.39, 0.29) is 0 Å². The molecule has 0 amide bonds. The molecule has 0 fully saturated rings. The Labute approximate surface area is 175 Å². The lowest BCUT2D eigenvalue weighted by Gasteiger charge is -2.17. The second kappa shape index (κ2) is 7.58. The predicted octanol–water partition coefficient (Wildman–Crippen LogP) is 2.91. The van der Waals surface area contributed by atoms with E-state index in [2.05, 4.69) is 15.3 Å². The van der Waals surface area contributed by atoms with E-state index in [0.717, 1.165) is 17.1 Å². The number of hydrogen-bond donors (Lipinski definition) is 2. The highest BCUT2D eigenvalue weighted by molar-refractivity contribution is 6.66. The van der Waals surface area contributed by atoms with Gasteiger partial charge in [-0.2, -0.15) is 28.5 Å². The van der Waals surface area contributed by atoms with E-state index in [1.165, 1.54) is 13.3 Å². The van der Waals surface area contributed by atoms with E-state index in [9.17, 15) is 18.2 Å². The first-order chi connectivity index (χ1) is 14.7. The topological polar surface area (TPSA) is 99.1 Å². The Hall–Kier alpha value is -3.60. The van der Waals surface area contributed by atoms with Gasteiger partial charge in [-0.05, 0) is 23.2 Å². The number of benzene rings is 2. The van der Waals surface area contributed by atoms with E-state index >= 15 is 0 Å². The third-order valence-electron chi connectivity index (χ3n) is 4.94. The summed E-state index contributed by atoms with van der Waals surface area (Å²) < 4.78 is 45.9. The third kappa shape index (κ3) is 3.79. The summed E-state index contributed by atoms with van der Waals surface area (Å²) in [7, 11) is 1.42. The first-order valence-electron chi connectivity index (χ1n) is 9.22. The molecule has 0 saturated carbocycles. The maximum Gasteiger partial charge on any atom is 0.419 e. The van der Waals surface area contributed by atoms with E-state index < -0.39 is 18.7 Å². The average Bonchev–Trinajstić information content (AvgIpc) is 3.23. The molecule has 0 aliphatic carbocycles. The highest BCUT2D eigenvalue weighted by Gasteiger charge is 2.32. The van der Waals surface area contributed by atoms with Gasteiger partial charge < -0.3 is 15.5 Å². The molecule has 0 aliphatic heterocycles. The normalized spacial score (nSPS) is 11.7. The van der Waals surface area contributed by atoms with Crippen LogP contribution in [-0.4, -0.2) is 39.0 Å². The zero-order valence-electron chi connectivity index (χ0n) is 16.6. The second-order valence-corrected chi connectivity index (χ2v) is 6.99. The van der Waals surface area contributed by atoms with Crippen molar-refractivity contribution in [1.29, 1.82) is 0 Å². The van der Waals surface area contributed by atoms with Gasteiger partial charge in [0.25, 0.3) is 0 Å². The molecule has 4 rings (SSSR count). The molecule has 7 nitrogen and oxygen atoms in total. The number of alkyl halides is 3. The molecule has 158 valence electrons. The van der Waals surface area contributed by atoms with Crippen molar-refractivity contribution in [2.75, 3.05) is 12.8 Å². The van der Waals surface area contributed by atoms with Gasteiger partial charge in [0.15, 0.2) is 0 Å². The molecular formula is C20H17BF3N5O2. The molecule has 0 spiro atoms. The van der Waals surface area contributed by atoms with Crippen LogP contribution >= 0.6 is 0 Å². The highest BCUT2D eigenvalue weighted by atomic mass is 19.4. The van der Waals surface area contributed by atoms with E-state index in [0.29, 0.717) is 44.6 Å². The summed E-state index contributed by atoms with van der Waals surface area (Å²) in [6.45, 7) is 0.700. The fourth-order valence-electron chi connectivity index (χ4n) is 3.36. The maximum atomic E-state index is 13.1. The number of nitrogens with zero attached hydrogens (tertiary/aromatic N) is 4. The minimum atomic E-state index is -4.53. The molecule has 0 bridgehead atoms. The lowest BCUT2D eigenvalue weighted by Crippen LogP contribution is -2.28. The van der Waals surface area contributed by atoms with Gasteiger partial charge in [-0.3, -0.25) is 0 Å². The second-order valence-electron chi connectivity index (χ2n) is 6.99. The van der Waals surface area contributed by atoms with Crippen molar-refractivity contribution in [3.63, 3.8) is 0 Å². The van der Waals surface area contributed by atoms with Gasteiger partial charge in [-0.25, -0.2) is 4.68 Å². The standard InChI is InChI=1S/C20H17BF3N5O2/c1-21(30)15-6-14(11-3-4-13-16(25)9-26-28-17(13)5-11)18(7-19(15)31-2)29-10-12(8-27-29)20(22,23)24/h3-10,30H,1-2H3,(H2,25,28). The van der Waals surface area contributed by atoms with Crippen molar-refractivity contribution >= 4 is 29.0 Å². The summed E-state index contributed by atoms with van der Waals surface area (Å²) in [5, 5.41) is 22.7. The molecule has 2 aromatic heterocycles. The van der Waals surface area contributed by atoms with Crippen molar-refractivity contribution < 1.29 is 22.9 Å². The van der Waals surface area contributed by atoms with Crippen LogP contribution in [0.3, 0.4) is 0 Å². The molecule has 4 aromatic rings. The Kier molecular flexibility index (Phi) is 5.06. The molecule has 31 heavy (non-hydrogen) atoms. The first kappa shape index (κ1) is 20.7. The van der Waals surface area contributed by atoms with E-state index in [4.69, 9.17) is 10.5 Å². The van der Waals surface area contributed by atoms with Crippen molar-refractivity contribution in [2.45, 2.75) is 13.0 Å². The summed E-state index contributed by atoms with van der Waals surface area (Å²) in [6, 6.07) is 8.46. The fraction of sp³-hybridized carbons (Fsp3) is 0.150. The monoisotopic (exact) mass is 427 g/mol. The Morgan fingerprint density at radius 2 is 1.94 bits per heavy atom.